The van der Waals surface area contributed by atoms with Crippen molar-refractivity contribution in [1.82, 2.24) is 39.9 Å². The first kappa shape index (κ1) is 65.0. The summed E-state index contributed by atoms with van der Waals surface area (Å²) in [4.78, 5) is 37.6. The molecule has 0 fully saturated rings. The third-order valence-electron chi connectivity index (χ3n) is 19.2. The first-order valence-electron chi connectivity index (χ1n) is 35.4. The first-order chi connectivity index (χ1) is 52.6. The molecule has 0 saturated carbocycles. The van der Waals surface area contributed by atoms with Gasteiger partial charge in [-0.25, -0.2) is 19.9 Å². The zero-order valence-electron chi connectivity index (χ0n) is 57.7. The summed E-state index contributed by atoms with van der Waals surface area (Å²) < 4.78 is 0. The Balaban J connectivity index is 0.000000148. The van der Waals surface area contributed by atoms with E-state index in [2.05, 4.69) is 305 Å². The molecule has 8 nitrogen and oxygen atoms in total. The summed E-state index contributed by atoms with van der Waals surface area (Å²) in [6.07, 6.45) is 14.5. The molecule has 0 aliphatic heterocycles. The van der Waals surface area contributed by atoms with Gasteiger partial charge in [0.1, 0.15) is 0 Å². The number of hydrogen-bond acceptors (Lipinski definition) is 8. The lowest BCUT2D eigenvalue weighted by Crippen LogP contribution is -1.97. The maximum absolute atomic E-state index is 5.29. The molecule has 0 atom stereocenters. The average molecular weight is 1360 g/mol. The van der Waals surface area contributed by atoms with Gasteiger partial charge in [-0.3, -0.25) is 19.9 Å². The Morgan fingerprint density at radius 3 is 0.717 bits per heavy atom. The molecule has 6 aromatic heterocycles. The van der Waals surface area contributed by atoms with E-state index < -0.39 is 0 Å². The van der Waals surface area contributed by atoms with Crippen LogP contribution in [0.25, 0.3) is 178 Å². The second kappa shape index (κ2) is 30.1. The molecule has 0 unspecified atom stereocenters. The van der Waals surface area contributed by atoms with E-state index in [1.54, 1.807) is 31.0 Å². The summed E-state index contributed by atoms with van der Waals surface area (Å²) >= 11 is 0. The molecular formula is C98H66N8. The van der Waals surface area contributed by atoms with Crippen LogP contribution in [0.2, 0.25) is 0 Å². The van der Waals surface area contributed by atoms with Gasteiger partial charge in [0, 0.05) is 94.1 Å². The molecule has 0 aliphatic rings. The van der Waals surface area contributed by atoms with Gasteiger partial charge in [0.15, 0.2) is 11.6 Å². The Hall–Kier alpha value is -14.3. The number of benzene rings is 13. The number of rotatable bonds is 12. The molecule has 0 spiro atoms. The smallest absolute Gasteiger partial charge is 0.160 e. The van der Waals surface area contributed by atoms with Gasteiger partial charge in [-0.15, -0.1) is 0 Å². The standard InChI is InChI=1S/C52H34N4.C41H27N3.C5H5N/c1-2-13-35(14-3-1)50-44-23-4-6-25-46(44)51(47-26-7-5-24-45(47)50)40-19-10-20-41(31-40)52-55-48(38-17-8-15-36(29-38)42-21-11-27-53-33-42)32-49(56-52)39-18-9-16-37(30-39)43-22-12-28-54-34-43;1-3-13-28(14-4-1)37-26-38(32-19-12-24-42-27-32)44-41(43-37)31-18-11-17-30(25-31)40-35-22-9-7-20-33(35)39(29-15-5-2-6-16-29)34-21-8-10-23-36(34)40;1-2-4-6-5-3-1/h1-34H;1-27H;1-5H. The number of aromatic nitrogens is 8. The number of hydrogen-bond donors (Lipinski definition) is 0. The lowest BCUT2D eigenvalue weighted by atomic mass is 9.85. The molecule has 13 aromatic carbocycles. The molecule has 498 valence electrons. The van der Waals surface area contributed by atoms with Crippen LogP contribution in [-0.2, 0) is 0 Å². The minimum Gasteiger partial charge on any atom is -0.265 e. The van der Waals surface area contributed by atoms with E-state index >= 15 is 0 Å². The molecule has 0 N–H and O–H groups in total. The third kappa shape index (κ3) is 13.6. The minimum atomic E-state index is 0.660. The molecule has 0 radical (unpaired) electrons. The van der Waals surface area contributed by atoms with Crippen LogP contribution in [-0.4, -0.2) is 39.9 Å². The highest BCUT2D eigenvalue weighted by molar-refractivity contribution is 6.23. The number of fused-ring (bicyclic) bond motifs is 4. The summed E-state index contributed by atoms with van der Waals surface area (Å²) in [5, 5.41) is 9.77. The van der Waals surface area contributed by atoms with Crippen molar-refractivity contribution in [3.63, 3.8) is 0 Å². The molecule has 19 rings (SSSR count). The summed E-state index contributed by atoms with van der Waals surface area (Å²) in [7, 11) is 0. The van der Waals surface area contributed by atoms with Gasteiger partial charge in [-0.1, -0.05) is 279 Å². The Morgan fingerprint density at radius 1 is 0.142 bits per heavy atom. The molecule has 0 bridgehead atoms. The van der Waals surface area contributed by atoms with Crippen molar-refractivity contribution in [2.45, 2.75) is 0 Å². The van der Waals surface area contributed by atoms with Crippen LogP contribution in [0.1, 0.15) is 0 Å². The van der Waals surface area contributed by atoms with Crippen molar-refractivity contribution in [3.05, 3.63) is 401 Å². The largest absolute Gasteiger partial charge is 0.265 e. The lowest BCUT2D eigenvalue weighted by Gasteiger charge is -2.18. The molecule has 106 heavy (non-hydrogen) atoms. The molecule has 8 heteroatoms. The van der Waals surface area contributed by atoms with Crippen molar-refractivity contribution < 1.29 is 0 Å². The quantitative estimate of drug-likeness (QED) is 0.111. The van der Waals surface area contributed by atoms with Gasteiger partial charge in [-0.2, -0.15) is 0 Å². The Labute approximate surface area is 615 Å². The molecule has 0 amide bonds. The summed E-state index contributed by atoms with van der Waals surface area (Å²) in [6.45, 7) is 0. The van der Waals surface area contributed by atoms with Crippen LogP contribution in [0.15, 0.2) is 401 Å². The second-order valence-electron chi connectivity index (χ2n) is 25.8. The topological polar surface area (TPSA) is 103 Å². The molecule has 0 aliphatic carbocycles. The fourth-order valence-corrected chi connectivity index (χ4v) is 14.3. The third-order valence-corrected chi connectivity index (χ3v) is 19.2. The van der Waals surface area contributed by atoms with Crippen molar-refractivity contribution in [2.24, 2.45) is 0 Å². The van der Waals surface area contributed by atoms with Crippen LogP contribution < -0.4 is 0 Å². The fraction of sp³-hybridized carbons (Fsp3) is 0. The molecule has 0 saturated heterocycles. The molecule has 19 aromatic rings. The van der Waals surface area contributed by atoms with E-state index in [0.717, 1.165) is 89.5 Å². The zero-order valence-corrected chi connectivity index (χ0v) is 57.7. The fourth-order valence-electron chi connectivity index (χ4n) is 14.3. The average Bonchev–Trinajstić information content (AvgIpc) is 0.740. The monoisotopic (exact) mass is 1350 g/mol. The predicted octanol–water partition coefficient (Wildman–Crippen LogP) is 24.8. The first-order valence-corrected chi connectivity index (χ1v) is 35.4. The highest BCUT2D eigenvalue weighted by atomic mass is 14.9. The van der Waals surface area contributed by atoms with E-state index in [1.807, 2.05) is 85.3 Å². The van der Waals surface area contributed by atoms with Crippen LogP contribution in [0.5, 0.6) is 0 Å². The van der Waals surface area contributed by atoms with E-state index in [1.165, 1.54) is 76.5 Å². The lowest BCUT2D eigenvalue weighted by molar-refractivity contribution is 1.18. The Kier molecular flexibility index (Phi) is 18.4. The van der Waals surface area contributed by atoms with Crippen LogP contribution >= 0.6 is 0 Å². The Bertz CT molecular complexity index is 6010. The van der Waals surface area contributed by atoms with Gasteiger partial charge in [-0.05, 0) is 172 Å². The summed E-state index contributed by atoms with van der Waals surface area (Å²) in [5.41, 5.74) is 23.2. The molecular weight excluding hydrogens is 1290 g/mol. The van der Waals surface area contributed by atoms with Crippen LogP contribution in [0.3, 0.4) is 0 Å². The zero-order chi connectivity index (χ0) is 70.8. The highest BCUT2D eigenvalue weighted by Crippen LogP contribution is 2.47. The summed E-state index contributed by atoms with van der Waals surface area (Å²) in [6, 6.07) is 123. The van der Waals surface area contributed by atoms with Gasteiger partial charge in [0.2, 0.25) is 0 Å². The van der Waals surface area contributed by atoms with E-state index in [9.17, 15) is 0 Å². The van der Waals surface area contributed by atoms with E-state index in [-0.39, 0.29) is 0 Å². The van der Waals surface area contributed by atoms with Crippen LogP contribution in [0.4, 0.5) is 0 Å². The molecule has 6 heterocycles. The number of nitrogens with zero attached hydrogens (tertiary/aromatic N) is 8. The van der Waals surface area contributed by atoms with Gasteiger partial charge in [0.25, 0.3) is 0 Å². The van der Waals surface area contributed by atoms with E-state index in [4.69, 9.17) is 19.9 Å². The van der Waals surface area contributed by atoms with Crippen molar-refractivity contribution in [1.29, 1.82) is 0 Å². The maximum Gasteiger partial charge on any atom is 0.160 e. The van der Waals surface area contributed by atoms with Gasteiger partial charge < -0.3 is 0 Å². The normalized spacial score (nSPS) is 11.0. The minimum absolute atomic E-state index is 0.660. The second-order valence-corrected chi connectivity index (χ2v) is 25.8. The Morgan fingerprint density at radius 2 is 0.387 bits per heavy atom. The van der Waals surface area contributed by atoms with Gasteiger partial charge in [0.05, 0.1) is 22.8 Å². The SMILES string of the molecule is c1ccc(-c2c3ccccc3c(-c3cccc(-c4nc(-c5cccc(-c6cccnc6)c5)cc(-c5cccc(-c6cccnc6)c5)n4)c3)c3ccccc23)cc1.c1ccc(-c2cc(-c3cccnc3)nc(-c3cccc(-c4c5ccccc5c(-c5ccccc5)c5ccccc45)c3)n2)cc1.c1ccncc1. The van der Waals surface area contributed by atoms with Crippen molar-refractivity contribution >= 4 is 43.1 Å². The summed E-state index contributed by atoms with van der Waals surface area (Å²) in [5.74, 6) is 1.34. The number of pyridine rings is 4. The predicted molar refractivity (Wildman–Crippen MR) is 437 cm³/mol. The van der Waals surface area contributed by atoms with Crippen molar-refractivity contribution in [2.75, 3.05) is 0 Å². The van der Waals surface area contributed by atoms with E-state index in [0.29, 0.717) is 11.6 Å². The van der Waals surface area contributed by atoms with Crippen molar-refractivity contribution in [3.8, 4) is 135 Å². The maximum atomic E-state index is 5.29. The highest BCUT2D eigenvalue weighted by Gasteiger charge is 2.21. The van der Waals surface area contributed by atoms with Crippen LogP contribution in [0, 0.1) is 0 Å². The van der Waals surface area contributed by atoms with Gasteiger partial charge >= 0.3 is 0 Å².